The lowest BCUT2D eigenvalue weighted by molar-refractivity contribution is 0.00578. The van der Waals surface area contributed by atoms with Crippen LogP contribution in [0.4, 0.5) is 0 Å². The number of hydrogen-bond acceptors (Lipinski definition) is 6. The molecule has 2 aliphatic rings. The lowest BCUT2D eigenvalue weighted by Gasteiger charge is -2.36. The fraction of sp³-hybridized carbons (Fsp3) is 0.745. The molecule has 5 atom stereocenters. The summed E-state index contributed by atoms with van der Waals surface area (Å²) in [6.45, 7) is 27.9. The second-order valence-electron chi connectivity index (χ2n) is 18.6. The number of halogens is 1. The topological polar surface area (TPSA) is 55.4 Å². The molecule has 2 aromatic carbocycles. The van der Waals surface area contributed by atoms with E-state index >= 15 is 0 Å². The SMILES string of the molecule is CCC(CCOC(CC)CCCC1(CCCC(C)OCCC(C)OC)c2cc(C(C)(C)Br)ccc2-c2ccc(C(C)(C)B3OC(C)(C)C(C)(C)O3)cc21)OC. The van der Waals surface area contributed by atoms with E-state index in [9.17, 15) is 0 Å². The first-order chi connectivity index (χ1) is 25.8. The molecule has 310 valence electrons. The molecule has 1 saturated heterocycles. The molecule has 0 spiro atoms. The first-order valence-electron chi connectivity index (χ1n) is 21.4. The lowest BCUT2D eigenvalue weighted by Crippen LogP contribution is -2.41. The van der Waals surface area contributed by atoms with Crippen LogP contribution in [0, 0.1) is 0 Å². The fourth-order valence-corrected chi connectivity index (χ4v) is 8.67. The molecule has 0 saturated carbocycles. The molecule has 55 heavy (non-hydrogen) atoms. The Balaban J connectivity index is 1.74. The van der Waals surface area contributed by atoms with Gasteiger partial charge in [0.15, 0.2) is 0 Å². The lowest BCUT2D eigenvalue weighted by atomic mass is 9.55. The van der Waals surface area contributed by atoms with Crippen LogP contribution in [0.2, 0.25) is 0 Å². The van der Waals surface area contributed by atoms with Crippen molar-refractivity contribution < 1.29 is 28.3 Å². The van der Waals surface area contributed by atoms with Crippen molar-refractivity contribution in [3.63, 3.8) is 0 Å². The number of methoxy groups -OCH3 is 2. The van der Waals surface area contributed by atoms with Gasteiger partial charge in [0.1, 0.15) is 0 Å². The van der Waals surface area contributed by atoms with Crippen LogP contribution in [0.1, 0.15) is 170 Å². The van der Waals surface area contributed by atoms with Gasteiger partial charge in [-0.2, -0.15) is 0 Å². The van der Waals surface area contributed by atoms with Crippen LogP contribution >= 0.6 is 15.9 Å². The maximum atomic E-state index is 6.71. The Morgan fingerprint density at radius 1 is 0.673 bits per heavy atom. The Morgan fingerprint density at radius 2 is 1.20 bits per heavy atom. The van der Waals surface area contributed by atoms with Crippen LogP contribution in [0.15, 0.2) is 36.4 Å². The van der Waals surface area contributed by atoms with Crippen LogP contribution in [-0.4, -0.2) is 70.2 Å². The zero-order valence-corrected chi connectivity index (χ0v) is 38.7. The van der Waals surface area contributed by atoms with Gasteiger partial charge in [-0.3, -0.25) is 0 Å². The molecule has 1 fully saturated rings. The van der Waals surface area contributed by atoms with E-state index in [1.165, 1.54) is 33.4 Å². The van der Waals surface area contributed by atoms with E-state index in [2.05, 4.69) is 135 Å². The van der Waals surface area contributed by atoms with Crippen LogP contribution < -0.4 is 0 Å². The van der Waals surface area contributed by atoms with Gasteiger partial charge in [0.25, 0.3) is 0 Å². The maximum Gasteiger partial charge on any atom is 0.468 e. The summed E-state index contributed by atoms with van der Waals surface area (Å²) in [6.07, 6.45) is 11.0. The zero-order valence-electron chi connectivity index (χ0n) is 37.2. The van der Waals surface area contributed by atoms with Gasteiger partial charge in [0, 0.05) is 42.5 Å². The fourth-order valence-electron chi connectivity index (χ4n) is 8.42. The van der Waals surface area contributed by atoms with Gasteiger partial charge >= 0.3 is 7.12 Å². The number of hydrogen-bond donors (Lipinski definition) is 0. The molecular formula is C47H76BBrO6. The monoisotopic (exact) mass is 826 g/mol. The summed E-state index contributed by atoms with van der Waals surface area (Å²) < 4.78 is 37.2. The molecule has 0 amide bonds. The second kappa shape index (κ2) is 19.2. The molecule has 0 bridgehead atoms. The maximum absolute atomic E-state index is 6.71. The summed E-state index contributed by atoms with van der Waals surface area (Å²) in [5, 5.41) is -0.370. The standard InChI is InChI=1S/C47H76BBrO6/c1-15-37(51-14)26-30-53-38(16-2)20-18-28-47(27-17-19-34(4)52-29-25-33(3)50-13)41-31-35(43(5,6)48-54-45(9,10)46(11,12)55-48)21-23-39(41)40-24-22-36(32-42(40)47)44(7,8)49/h21-24,31-34,37-38H,15-20,25-30H2,1-14H3. The minimum atomic E-state index is -0.399. The van der Waals surface area contributed by atoms with E-state index in [4.69, 9.17) is 28.3 Å². The van der Waals surface area contributed by atoms with E-state index in [-0.39, 0.29) is 46.6 Å². The van der Waals surface area contributed by atoms with Crippen molar-refractivity contribution in [2.45, 2.75) is 198 Å². The first-order valence-corrected chi connectivity index (χ1v) is 22.2. The number of alkyl halides is 1. The molecule has 0 aromatic heterocycles. The average molecular weight is 828 g/mol. The highest BCUT2D eigenvalue weighted by atomic mass is 79.9. The summed E-state index contributed by atoms with van der Waals surface area (Å²) in [5.74, 6) is 0. The molecule has 0 N–H and O–H groups in total. The molecular weight excluding hydrogens is 751 g/mol. The highest BCUT2D eigenvalue weighted by Gasteiger charge is 2.57. The minimum Gasteiger partial charge on any atom is -0.403 e. The summed E-state index contributed by atoms with van der Waals surface area (Å²) in [7, 11) is 3.22. The first kappa shape index (κ1) is 46.4. The zero-order chi connectivity index (χ0) is 40.8. The van der Waals surface area contributed by atoms with Crippen LogP contribution in [-0.2, 0) is 43.3 Å². The normalized spacial score (nSPS) is 21.3. The van der Waals surface area contributed by atoms with Crippen molar-refractivity contribution in [2.24, 2.45) is 0 Å². The van der Waals surface area contributed by atoms with Crippen molar-refractivity contribution in [3.8, 4) is 11.1 Å². The highest BCUT2D eigenvalue weighted by molar-refractivity contribution is 9.09. The van der Waals surface area contributed by atoms with Gasteiger partial charge in [0.05, 0.1) is 35.6 Å². The number of benzene rings is 2. The predicted octanol–water partition coefficient (Wildman–Crippen LogP) is 12.3. The quantitative estimate of drug-likeness (QED) is 0.0822. The van der Waals surface area contributed by atoms with Gasteiger partial charge in [0.2, 0.25) is 0 Å². The second-order valence-corrected chi connectivity index (χ2v) is 20.6. The van der Waals surface area contributed by atoms with Gasteiger partial charge in [-0.15, -0.1) is 0 Å². The largest absolute Gasteiger partial charge is 0.468 e. The van der Waals surface area contributed by atoms with E-state index in [0.29, 0.717) is 0 Å². The van der Waals surface area contributed by atoms with Gasteiger partial charge in [-0.05, 0) is 153 Å². The van der Waals surface area contributed by atoms with Crippen molar-refractivity contribution in [2.75, 3.05) is 27.4 Å². The summed E-state index contributed by atoms with van der Waals surface area (Å²) in [4.78, 5) is 0. The van der Waals surface area contributed by atoms with E-state index in [1.54, 1.807) is 14.2 Å². The Hall–Kier alpha value is -1.26. The van der Waals surface area contributed by atoms with Crippen molar-refractivity contribution >= 4 is 23.0 Å². The van der Waals surface area contributed by atoms with Crippen molar-refractivity contribution in [1.29, 1.82) is 0 Å². The van der Waals surface area contributed by atoms with Gasteiger partial charge < -0.3 is 28.3 Å². The number of rotatable bonds is 23. The minimum absolute atomic E-state index is 0.145. The molecule has 5 unspecified atom stereocenters. The van der Waals surface area contributed by atoms with Crippen LogP contribution in [0.25, 0.3) is 11.1 Å². The van der Waals surface area contributed by atoms with E-state index in [0.717, 1.165) is 77.4 Å². The Bertz CT molecular complexity index is 1500. The van der Waals surface area contributed by atoms with Crippen molar-refractivity contribution in [1.82, 2.24) is 0 Å². The third kappa shape index (κ3) is 10.9. The van der Waals surface area contributed by atoms with Gasteiger partial charge in [-0.1, -0.05) is 80.0 Å². The van der Waals surface area contributed by atoms with Crippen LogP contribution in [0.3, 0.4) is 0 Å². The number of fused-ring (bicyclic) bond motifs is 3. The Labute approximate surface area is 345 Å². The highest BCUT2D eigenvalue weighted by Crippen LogP contribution is 2.56. The summed E-state index contributed by atoms with van der Waals surface area (Å²) >= 11 is 4.02. The number of ether oxygens (including phenoxy) is 4. The molecule has 1 aliphatic carbocycles. The molecule has 6 nitrogen and oxygen atoms in total. The van der Waals surface area contributed by atoms with Crippen LogP contribution in [0.5, 0.6) is 0 Å². The molecule has 2 aromatic rings. The Kier molecular flexibility index (Phi) is 16.2. The third-order valence-corrected chi connectivity index (χ3v) is 13.8. The average Bonchev–Trinajstić information content (AvgIpc) is 3.53. The third-order valence-electron chi connectivity index (χ3n) is 13.3. The molecule has 8 heteroatoms. The smallest absolute Gasteiger partial charge is 0.403 e. The molecule has 4 rings (SSSR count). The van der Waals surface area contributed by atoms with E-state index in [1.807, 2.05) is 0 Å². The molecule has 1 aliphatic heterocycles. The summed E-state index contributed by atoms with van der Waals surface area (Å²) in [5.41, 5.74) is 7.22. The van der Waals surface area contributed by atoms with E-state index < -0.39 is 11.2 Å². The van der Waals surface area contributed by atoms with Crippen molar-refractivity contribution in [3.05, 3.63) is 58.7 Å². The molecule has 0 radical (unpaired) electrons. The predicted molar refractivity (Wildman–Crippen MR) is 234 cm³/mol. The van der Waals surface area contributed by atoms with Gasteiger partial charge in [-0.25, -0.2) is 0 Å². The Morgan fingerprint density at radius 3 is 1.73 bits per heavy atom. The summed E-state index contributed by atoms with van der Waals surface area (Å²) in [6, 6.07) is 14.4. The molecule has 1 heterocycles.